The lowest BCUT2D eigenvalue weighted by Gasteiger charge is -2.41. The zero-order valence-corrected chi connectivity index (χ0v) is 8.50. The van der Waals surface area contributed by atoms with Gasteiger partial charge in [-0.3, -0.25) is 4.79 Å². The Morgan fingerprint density at radius 3 is 2.36 bits per heavy atom. The maximum atomic E-state index is 12.1. The maximum Gasteiger partial charge on any atom is 0.149 e. The molecule has 1 N–H and O–H groups in total. The summed E-state index contributed by atoms with van der Waals surface area (Å²) in [5, 5.41) is 9.24. The number of Topliss-reactive ketones (excluding diaryl/α,β-unsaturated/α-hetero) is 1. The van der Waals surface area contributed by atoms with Crippen molar-refractivity contribution in [3.63, 3.8) is 0 Å². The zero-order chi connectivity index (χ0) is 10.0. The first-order valence-corrected chi connectivity index (χ1v) is 5.51. The van der Waals surface area contributed by atoms with Gasteiger partial charge in [0.15, 0.2) is 0 Å². The molecule has 3 heteroatoms. The van der Waals surface area contributed by atoms with Gasteiger partial charge < -0.3 is 9.84 Å². The third-order valence-electron chi connectivity index (χ3n) is 3.56. The molecule has 0 aromatic heterocycles. The number of ether oxygens (including phenoxy) is 1. The van der Waals surface area contributed by atoms with Crippen molar-refractivity contribution in [2.75, 3.05) is 19.8 Å². The molecule has 1 aliphatic carbocycles. The number of carbonyl (C=O) groups is 1. The molecule has 0 unspecified atom stereocenters. The fourth-order valence-corrected chi connectivity index (χ4v) is 2.46. The van der Waals surface area contributed by atoms with Crippen LogP contribution in [0, 0.1) is 11.3 Å². The van der Waals surface area contributed by atoms with E-state index < -0.39 is 5.41 Å². The molecule has 0 spiro atoms. The molecule has 0 aromatic carbocycles. The second-order valence-corrected chi connectivity index (χ2v) is 4.63. The molecule has 0 radical (unpaired) electrons. The summed E-state index contributed by atoms with van der Waals surface area (Å²) >= 11 is 0. The molecule has 80 valence electrons. The number of aliphatic hydroxyl groups is 1. The minimum atomic E-state index is -0.526. The number of carbonyl (C=O) groups excluding carboxylic acids is 1. The highest BCUT2D eigenvalue weighted by Crippen LogP contribution is 2.36. The molecule has 2 aliphatic rings. The molecule has 0 amide bonds. The van der Waals surface area contributed by atoms with Crippen LogP contribution in [0.5, 0.6) is 0 Å². The van der Waals surface area contributed by atoms with E-state index in [4.69, 9.17) is 4.74 Å². The van der Waals surface area contributed by atoms with Crippen molar-refractivity contribution in [1.82, 2.24) is 0 Å². The fraction of sp³-hybridized carbons (Fsp3) is 0.909. The Labute approximate surface area is 84.4 Å². The van der Waals surface area contributed by atoms with E-state index in [9.17, 15) is 9.90 Å². The molecule has 0 atom stereocenters. The third kappa shape index (κ3) is 1.59. The van der Waals surface area contributed by atoms with Crippen LogP contribution >= 0.6 is 0 Å². The Kier molecular flexibility index (Phi) is 2.88. The minimum absolute atomic E-state index is 0.0394. The summed E-state index contributed by atoms with van der Waals surface area (Å²) in [7, 11) is 0. The van der Waals surface area contributed by atoms with Crippen molar-refractivity contribution in [3.8, 4) is 0 Å². The molecule has 0 bridgehead atoms. The van der Waals surface area contributed by atoms with E-state index in [-0.39, 0.29) is 18.3 Å². The summed E-state index contributed by atoms with van der Waals surface area (Å²) < 4.78 is 5.06. The second kappa shape index (κ2) is 3.99. The summed E-state index contributed by atoms with van der Waals surface area (Å²) in [6.07, 6.45) is 5.62. The van der Waals surface area contributed by atoms with Crippen LogP contribution in [-0.2, 0) is 9.53 Å². The molecule has 1 heterocycles. The first kappa shape index (κ1) is 10.1. The lowest BCUT2D eigenvalue weighted by atomic mass is 9.72. The quantitative estimate of drug-likeness (QED) is 0.739. The van der Waals surface area contributed by atoms with Crippen LogP contribution in [0.4, 0.5) is 0 Å². The summed E-state index contributed by atoms with van der Waals surface area (Å²) in [4.78, 5) is 12.1. The van der Waals surface area contributed by atoms with Gasteiger partial charge in [0, 0.05) is 5.92 Å². The van der Waals surface area contributed by atoms with E-state index >= 15 is 0 Å². The van der Waals surface area contributed by atoms with Gasteiger partial charge in [-0.15, -0.1) is 0 Å². The summed E-state index contributed by atoms with van der Waals surface area (Å²) in [5.41, 5.74) is -0.526. The molecule has 1 saturated carbocycles. The normalized spacial score (nSPS) is 26.9. The standard InChI is InChI=1S/C11H18O3/c12-6-11(7-14-8-11)10(13)9-4-2-1-3-5-9/h9,12H,1-8H2. The van der Waals surface area contributed by atoms with Crippen molar-refractivity contribution in [3.05, 3.63) is 0 Å². The van der Waals surface area contributed by atoms with E-state index in [1.807, 2.05) is 0 Å². The van der Waals surface area contributed by atoms with E-state index in [0.29, 0.717) is 13.2 Å². The third-order valence-corrected chi connectivity index (χ3v) is 3.56. The van der Waals surface area contributed by atoms with Gasteiger partial charge in [-0.2, -0.15) is 0 Å². The molecule has 2 rings (SSSR count). The van der Waals surface area contributed by atoms with Crippen LogP contribution in [0.1, 0.15) is 32.1 Å². The zero-order valence-electron chi connectivity index (χ0n) is 8.50. The van der Waals surface area contributed by atoms with Gasteiger partial charge in [0.2, 0.25) is 0 Å². The lowest BCUT2D eigenvalue weighted by molar-refractivity contribution is -0.172. The van der Waals surface area contributed by atoms with Gasteiger partial charge in [0.05, 0.1) is 25.2 Å². The van der Waals surface area contributed by atoms with E-state index in [0.717, 1.165) is 12.8 Å². The largest absolute Gasteiger partial charge is 0.395 e. The van der Waals surface area contributed by atoms with Crippen molar-refractivity contribution in [2.45, 2.75) is 32.1 Å². The molecule has 1 saturated heterocycles. The van der Waals surface area contributed by atoms with Crippen LogP contribution < -0.4 is 0 Å². The van der Waals surface area contributed by atoms with E-state index in [1.165, 1.54) is 19.3 Å². The van der Waals surface area contributed by atoms with Crippen LogP contribution in [-0.4, -0.2) is 30.7 Å². The topological polar surface area (TPSA) is 46.5 Å². The number of hydrogen-bond donors (Lipinski definition) is 1. The Balaban J connectivity index is 1.98. The van der Waals surface area contributed by atoms with Crippen molar-refractivity contribution < 1.29 is 14.6 Å². The smallest absolute Gasteiger partial charge is 0.149 e. The second-order valence-electron chi connectivity index (χ2n) is 4.63. The van der Waals surface area contributed by atoms with Gasteiger partial charge in [-0.1, -0.05) is 19.3 Å². The van der Waals surface area contributed by atoms with Crippen molar-refractivity contribution in [1.29, 1.82) is 0 Å². The first-order chi connectivity index (χ1) is 6.78. The summed E-state index contributed by atoms with van der Waals surface area (Å²) in [6.45, 7) is 0.819. The van der Waals surface area contributed by atoms with Gasteiger partial charge in [-0.25, -0.2) is 0 Å². The van der Waals surface area contributed by atoms with Gasteiger partial charge in [0.25, 0.3) is 0 Å². The van der Waals surface area contributed by atoms with E-state index in [2.05, 4.69) is 0 Å². The molecule has 3 nitrogen and oxygen atoms in total. The average Bonchev–Trinajstić information content (AvgIpc) is 2.18. The molecule has 0 aromatic rings. The molecular weight excluding hydrogens is 180 g/mol. The van der Waals surface area contributed by atoms with Crippen molar-refractivity contribution in [2.24, 2.45) is 11.3 Å². The molecule has 2 fully saturated rings. The van der Waals surface area contributed by atoms with Gasteiger partial charge in [-0.05, 0) is 12.8 Å². The molecule has 1 aliphatic heterocycles. The molecular formula is C11H18O3. The number of aliphatic hydroxyl groups excluding tert-OH is 1. The Morgan fingerprint density at radius 2 is 1.93 bits per heavy atom. The predicted octanol–water partition coefficient (Wildman–Crippen LogP) is 1.14. The Bertz CT molecular complexity index is 209. The highest BCUT2D eigenvalue weighted by molar-refractivity contribution is 5.88. The van der Waals surface area contributed by atoms with Crippen LogP contribution in [0.2, 0.25) is 0 Å². The SMILES string of the molecule is O=C(C1CCCCC1)C1(CO)COC1. The highest BCUT2D eigenvalue weighted by atomic mass is 16.5. The lowest BCUT2D eigenvalue weighted by Crippen LogP contribution is -2.54. The summed E-state index contributed by atoms with van der Waals surface area (Å²) in [6, 6.07) is 0. The number of rotatable bonds is 3. The van der Waals surface area contributed by atoms with E-state index in [1.54, 1.807) is 0 Å². The van der Waals surface area contributed by atoms with Gasteiger partial charge >= 0.3 is 0 Å². The number of ketones is 1. The Hall–Kier alpha value is -0.410. The minimum Gasteiger partial charge on any atom is -0.395 e. The van der Waals surface area contributed by atoms with Gasteiger partial charge in [0.1, 0.15) is 5.78 Å². The van der Waals surface area contributed by atoms with Crippen LogP contribution in [0.25, 0.3) is 0 Å². The summed E-state index contributed by atoms with van der Waals surface area (Å²) in [5.74, 6) is 0.450. The number of hydrogen-bond acceptors (Lipinski definition) is 3. The fourth-order valence-electron chi connectivity index (χ4n) is 2.46. The monoisotopic (exact) mass is 198 g/mol. The maximum absolute atomic E-state index is 12.1. The van der Waals surface area contributed by atoms with Crippen molar-refractivity contribution >= 4 is 5.78 Å². The van der Waals surface area contributed by atoms with Crippen LogP contribution in [0.15, 0.2) is 0 Å². The molecule has 14 heavy (non-hydrogen) atoms. The predicted molar refractivity (Wildman–Crippen MR) is 51.9 cm³/mol. The first-order valence-electron chi connectivity index (χ1n) is 5.51. The van der Waals surface area contributed by atoms with Crippen LogP contribution in [0.3, 0.4) is 0 Å². The Morgan fingerprint density at radius 1 is 1.29 bits per heavy atom. The average molecular weight is 198 g/mol. The highest BCUT2D eigenvalue weighted by Gasteiger charge is 2.47.